The second-order valence-electron chi connectivity index (χ2n) is 6.24. The molecule has 10 heteroatoms. The number of hydrogen-bond acceptors (Lipinski definition) is 5. The van der Waals surface area contributed by atoms with Crippen molar-refractivity contribution in [3.63, 3.8) is 0 Å². The number of amides is 2. The lowest BCUT2D eigenvalue weighted by molar-refractivity contribution is -0.136. The first-order valence-corrected chi connectivity index (χ1v) is 10.1. The average molecular weight is 491 g/mol. The highest BCUT2D eigenvalue weighted by molar-refractivity contribution is 6.42. The molecule has 0 heterocycles. The van der Waals surface area contributed by atoms with Crippen molar-refractivity contribution in [2.24, 2.45) is 5.10 Å². The van der Waals surface area contributed by atoms with E-state index in [1.165, 1.54) is 18.3 Å². The monoisotopic (exact) mass is 489 g/mol. The van der Waals surface area contributed by atoms with Crippen LogP contribution in [0.3, 0.4) is 0 Å². The smallest absolute Gasteiger partial charge is 0.343 e. The summed E-state index contributed by atoms with van der Waals surface area (Å²) in [6, 6.07) is 17.1. The van der Waals surface area contributed by atoms with Gasteiger partial charge in [0.1, 0.15) is 5.75 Å². The van der Waals surface area contributed by atoms with Crippen LogP contribution in [0.1, 0.15) is 15.9 Å². The summed E-state index contributed by atoms with van der Waals surface area (Å²) < 4.78 is 5.27. The Kier molecular flexibility index (Phi) is 7.83. The lowest BCUT2D eigenvalue weighted by Crippen LogP contribution is -2.32. The third-order valence-corrected chi connectivity index (χ3v) is 4.75. The maximum atomic E-state index is 12.1. The van der Waals surface area contributed by atoms with Crippen LogP contribution in [0, 0.1) is 0 Å². The summed E-state index contributed by atoms with van der Waals surface area (Å²) in [7, 11) is 0. The number of rotatable bonds is 5. The Morgan fingerprint density at radius 3 is 2.16 bits per heavy atom. The van der Waals surface area contributed by atoms with Crippen LogP contribution in [-0.4, -0.2) is 24.0 Å². The molecule has 3 aromatic carbocycles. The van der Waals surface area contributed by atoms with Gasteiger partial charge in [-0.1, -0.05) is 34.8 Å². The zero-order chi connectivity index (χ0) is 23.1. The molecule has 2 N–H and O–H groups in total. The van der Waals surface area contributed by atoms with Gasteiger partial charge in [-0.3, -0.25) is 9.59 Å². The van der Waals surface area contributed by atoms with Crippen LogP contribution in [0.4, 0.5) is 5.69 Å². The van der Waals surface area contributed by atoms with Crippen LogP contribution >= 0.6 is 34.8 Å². The van der Waals surface area contributed by atoms with Gasteiger partial charge < -0.3 is 10.1 Å². The molecular formula is C22H14Cl3N3O4. The van der Waals surface area contributed by atoms with Crippen molar-refractivity contribution in [1.82, 2.24) is 5.43 Å². The predicted molar refractivity (Wildman–Crippen MR) is 124 cm³/mol. The number of carbonyl (C=O) groups is 3. The lowest BCUT2D eigenvalue weighted by atomic mass is 10.2. The lowest BCUT2D eigenvalue weighted by Gasteiger charge is -2.06. The van der Waals surface area contributed by atoms with Crippen molar-refractivity contribution in [1.29, 1.82) is 0 Å². The molecule has 0 spiro atoms. The van der Waals surface area contributed by atoms with Gasteiger partial charge in [-0.2, -0.15) is 5.10 Å². The summed E-state index contributed by atoms with van der Waals surface area (Å²) in [4.78, 5) is 35.9. The Balaban J connectivity index is 1.52. The molecule has 0 saturated carbocycles. The quantitative estimate of drug-likeness (QED) is 0.174. The zero-order valence-electron chi connectivity index (χ0n) is 16.1. The van der Waals surface area contributed by atoms with Crippen LogP contribution < -0.4 is 15.5 Å². The molecule has 0 atom stereocenters. The second-order valence-corrected chi connectivity index (χ2v) is 7.52. The third kappa shape index (κ3) is 6.55. The van der Waals surface area contributed by atoms with Gasteiger partial charge in [0.25, 0.3) is 0 Å². The van der Waals surface area contributed by atoms with Crippen molar-refractivity contribution < 1.29 is 19.1 Å². The molecular weight excluding hydrogens is 477 g/mol. The van der Waals surface area contributed by atoms with E-state index < -0.39 is 17.8 Å². The standard InChI is InChI=1S/C22H14Cl3N3O4/c23-15-5-3-14(4-6-15)22(31)32-17-8-1-13(2-9-17)12-26-28-21(30)20(29)27-19-11-16(24)7-10-18(19)25/h1-12H,(H,27,29)(H,28,30). The van der Waals surface area contributed by atoms with Gasteiger partial charge >= 0.3 is 17.8 Å². The number of anilines is 1. The van der Waals surface area contributed by atoms with E-state index in [1.807, 2.05) is 0 Å². The molecule has 0 unspecified atom stereocenters. The Bertz CT molecular complexity index is 1180. The number of nitrogens with zero attached hydrogens (tertiary/aromatic N) is 1. The molecule has 3 rings (SSSR count). The summed E-state index contributed by atoms with van der Waals surface area (Å²) in [6.45, 7) is 0. The summed E-state index contributed by atoms with van der Waals surface area (Å²) in [5, 5.41) is 7.17. The fourth-order valence-corrected chi connectivity index (χ4v) is 2.83. The molecule has 7 nitrogen and oxygen atoms in total. The van der Waals surface area contributed by atoms with Crippen LogP contribution in [-0.2, 0) is 9.59 Å². The molecule has 0 aliphatic heterocycles. The van der Waals surface area contributed by atoms with Gasteiger partial charge in [0.15, 0.2) is 0 Å². The zero-order valence-corrected chi connectivity index (χ0v) is 18.4. The highest BCUT2D eigenvalue weighted by Gasteiger charge is 2.15. The highest BCUT2D eigenvalue weighted by Crippen LogP contribution is 2.25. The molecule has 32 heavy (non-hydrogen) atoms. The van der Waals surface area contributed by atoms with Gasteiger partial charge in [0.05, 0.1) is 22.5 Å². The van der Waals surface area contributed by atoms with E-state index in [-0.39, 0.29) is 10.7 Å². The summed E-state index contributed by atoms with van der Waals surface area (Å²) in [6.07, 6.45) is 1.32. The molecule has 0 bridgehead atoms. The molecule has 0 radical (unpaired) electrons. The van der Waals surface area contributed by atoms with E-state index in [0.717, 1.165) is 0 Å². The number of hydrogen-bond donors (Lipinski definition) is 2. The second kappa shape index (κ2) is 10.8. The number of carbonyl (C=O) groups excluding carboxylic acids is 3. The summed E-state index contributed by atoms with van der Waals surface area (Å²) in [5.74, 6) is -2.16. The topological polar surface area (TPSA) is 96.9 Å². The maximum Gasteiger partial charge on any atom is 0.343 e. The first kappa shape index (κ1) is 23.3. The first-order chi connectivity index (χ1) is 15.3. The largest absolute Gasteiger partial charge is 0.423 e. The van der Waals surface area contributed by atoms with E-state index in [1.54, 1.807) is 54.6 Å². The van der Waals surface area contributed by atoms with Crippen LogP contribution in [0.25, 0.3) is 0 Å². The number of benzene rings is 3. The van der Waals surface area contributed by atoms with Crippen molar-refractivity contribution in [3.8, 4) is 5.75 Å². The predicted octanol–water partition coefficient (Wildman–Crippen LogP) is 4.95. The van der Waals surface area contributed by atoms with Crippen molar-refractivity contribution in [3.05, 3.63) is 92.9 Å². The fraction of sp³-hybridized carbons (Fsp3) is 0. The van der Waals surface area contributed by atoms with E-state index in [2.05, 4.69) is 15.8 Å². The Labute approximate surface area is 197 Å². The van der Waals surface area contributed by atoms with Crippen LogP contribution in [0.2, 0.25) is 15.1 Å². The number of halogens is 3. The van der Waals surface area contributed by atoms with Crippen LogP contribution in [0.5, 0.6) is 5.75 Å². The van der Waals surface area contributed by atoms with Gasteiger partial charge in [-0.25, -0.2) is 10.2 Å². The normalized spacial score (nSPS) is 10.6. The summed E-state index contributed by atoms with van der Waals surface area (Å²) in [5.41, 5.74) is 3.26. The van der Waals surface area contributed by atoms with Gasteiger partial charge in [0, 0.05) is 10.0 Å². The Morgan fingerprint density at radius 1 is 0.812 bits per heavy atom. The molecule has 0 saturated heterocycles. The number of hydrazone groups is 1. The average Bonchev–Trinajstić information content (AvgIpc) is 2.77. The maximum absolute atomic E-state index is 12.1. The Hall–Kier alpha value is -3.39. The van der Waals surface area contributed by atoms with E-state index in [9.17, 15) is 14.4 Å². The minimum Gasteiger partial charge on any atom is -0.423 e. The van der Waals surface area contributed by atoms with Gasteiger partial charge in [-0.15, -0.1) is 0 Å². The molecule has 162 valence electrons. The van der Waals surface area contributed by atoms with Gasteiger partial charge in [0.2, 0.25) is 0 Å². The number of nitrogens with one attached hydrogen (secondary N) is 2. The molecule has 0 aliphatic rings. The van der Waals surface area contributed by atoms with Crippen molar-refractivity contribution >= 4 is 64.5 Å². The van der Waals surface area contributed by atoms with Crippen LogP contribution in [0.15, 0.2) is 71.8 Å². The SMILES string of the molecule is O=C(NN=Cc1ccc(OC(=O)c2ccc(Cl)cc2)cc1)C(=O)Nc1cc(Cl)ccc1Cl. The molecule has 3 aromatic rings. The number of ether oxygens (including phenoxy) is 1. The van der Waals surface area contributed by atoms with Crippen molar-refractivity contribution in [2.75, 3.05) is 5.32 Å². The molecule has 0 aliphatic carbocycles. The van der Waals surface area contributed by atoms with E-state index >= 15 is 0 Å². The highest BCUT2D eigenvalue weighted by atomic mass is 35.5. The minimum absolute atomic E-state index is 0.201. The van der Waals surface area contributed by atoms with Gasteiger partial charge in [-0.05, 0) is 72.3 Å². The number of esters is 1. The van der Waals surface area contributed by atoms with Crippen molar-refractivity contribution in [2.45, 2.75) is 0 Å². The molecule has 0 fully saturated rings. The molecule has 2 amide bonds. The van der Waals surface area contributed by atoms with E-state index in [0.29, 0.717) is 26.9 Å². The first-order valence-electron chi connectivity index (χ1n) is 8.99. The molecule has 0 aromatic heterocycles. The Morgan fingerprint density at radius 2 is 1.47 bits per heavy atom. The fourth-order valence-electron chi connectivity index (χ4n) is 2.36. The minimum atomic E-state index is -0.995. The summed E-state index contributed by atoms with van der Waals surface area (Å²) >= 11 is 17.6. The third-order valence-electron chi connectivity index (χ3n) is 3.93. The van der Waals surface area contributed by atoms with E-state index in [4.69, 9.17) is 39.5 Å².